The first-order valence-electron chi connectivity index (χ1n) is 20.6. The second-order valence-corrected chi connectivity index (χ2v) is 22.7. The molecule has 0 saturated heterocycles. The molecule has 0 amide bonds. The SMILES string of the molecule is c1ccc([Si](c2ccccc2)(c2ccccc2)N2c3ccccc3B3c4ccccc4N([Si](c4ccccc4)(c4ccccc4)c4ccccc4)c4cccc2c43)cc1. The topological polar surface area (TPSA) is 6.48 Å². The highest BCUT2D eigenvalue weighted by molar-refractivity contribution is 7.17. The van der Waals surface area contributed by atoms with E-state index in [9.17, 15) is 0 Å². The van der Waals surface area contributed by atoms with Gasteiger partial charge in [-0.1, -0.05) is 224 Å². The normalized spacial score (nSPS) is 13.0. The highest BCUT2D eigenvalue weighted by Gasteiger charge is 2.55. The fraction of sp³-hybridized carbons (Fsp3) is 0. The summed E-state index contributed by atoms with van der Waals surface area (Å²) in [6.07, 6.45) is 0. The van der Waals surface area contributed by atoms with Crippen LogP contribution < -0.4 is 56.6 Å². The number of hydrogen-bond acceptors (Lipinski definition) is 2. The maximum absolute atomic E-state index is 3.09. The lowest BCUT2D eigenvalue weighted by molar-refractivity contribution is 1.32. The molecule has 2 aliphatic rings. The number of fused-ring (bicyclic) bond motifs is 4. The largest absolute Gasteiger partial charge is 0.357 e. The maximum Gasteiger partial charge on any atom is 0.257 e. The molecule has 9 aromatic carbocycles. The minimum Gasteiger partial charge on any atom is -0.357 e. The second kappa shape index (κ2) is 14.5. The van der Waals surface area contributed by atoms with Gasteiger partial charge in [-0.15, -0.1) is 0 Å². The summed E-state index contributed by atoms with van der Waals surface area (Å²) in [4.78, 5) is 0. The van der Waals surface area contributed by atoms with Gasteiger partial charge in [-0.25, -0.2) is 0 Å². The number of nitrogens with zero attached hydrogens (tertiary/aromatic N) is 2. The fourth-order valence-electron chi connectivity index (χ4n) is 10.4. The molecule has 2 nitrogen and oxygen atoms in total. The molecular formula is C54H41BN2Si2. The van der Waals surface area contributed by atoms with E-state index in [1.165, 1.54) is 70.3 Å². The van der Waals surface area contributed by atoms with Gasteiger partial charge in [-0.05, 0) is 71.8 Å². The molecule has 2 heterocycles. The standard InChI is InChI=1S/C54H41BN2Si2/c1-7-24-42(25-8-1)58(43-26-9-2-10-27-43,44-28-11-3-12-29-44)56-50-38-21-19-36-48(50)55-49-37-20-22-39-51(49)57(53-41-23-40-52(56)54(53)55)59(45-30-13-4-14-31-45,46-32-15-5-16-33-46)47-34-17-6-18-35-47/h1-41H. The van der Waals surface area contributed by atoms with Crippen LogP contribution in [0.4, 0.5) is 22.7 Å². The average molecular weight is 785 g/mol. The summed E-state index contributed by atoms with van der Waals surface area (Å²) in [6, 6.07) is 93.7. The number of rotatable bonds is 8. The van der Waals surface area contributed by atoms with Crippen molar-refractivity contribution in [3.8, 4) is 0 Å². The van der Waals surface area contributed by atoms with Gasteiger partial charge >= 0.3 is 0 Å². The van der Waals surface area contributed by atoms with E-state index in [1.54, 1.807) is 0 Å². The third kappa shape index (κ3) is 5.25. The molecule has 278 valence electrons. The first kappa shape index (κ1) is 35.3. The van der Waals surface area contributed by atoms with Crippen LogP contribution in [0.1, 0.15) is 0 Å². The van der Waals surface area contributed by atoms with Crippen molar-refractivity contribution in [1.82, 2.24) is 0 Å². The van der Waals surface area contributed by atoms with E-state index in [0.29, 0.717) is 0 Å². The Morgan fingerprint density at radius 3 is 0.763 bits per heavy atom. The molecule has 0 atom stereocenters. The Hall–Kier alpha value is -6.92. The molecule has 9 aromatic rings. The van der Waals surface area contributed by atoms with Crippen LogP contribution in [0.15, 0.2) is 249 Å². The van der Waals surface area contributed by atoms with Gasteiger partial charge in [0, 0.05) is 22.7 Å². The predicted octanol–water partition coefficient (Wildman–Crippen LogP) is 6.44. The summed E-state index contributed by atoms with van der Waals surface area (Å²) in [7, 11) is -6.18. The van der Waals surface area contributed by atoms with Crippen LogP contribution in [0.25, 0.3) is 0 Å². The number of benzene rings is 9. The molecular weight excluding hydrogens is 744 g/mol. The first-order valence-corrected chi connectivity index (χ1v) is 24.5. The van der Waals surface area contributed by atoms with Crippen molar-refractivity contribution in [2.75, 3.05) is 9.13 Å². The number of anilines is 4. The zero-order chi connectivity index (χ0) is 39.2. The highest BCUT2D eigenvalue weighted by atomic mass is 28.3. The van der Waals surface area contributed by atoms with Crippen molar-refractivity contribution in [1.29, 1.82) is 0 Å². The lowest BCUT2D eigenvalue weighted by Crippen LogP contribution is -2.81. The first-order chi connectivity index (χ1) is 29.3. The van der Waals surface area contributed by atoms with E-state index >= 15 is 0 Å². The Kier molecular flexibility index (Phi) is 8.65. The van der Waals surface area contributed by atoms with Crippen LogP contribution in [0.3, 0.4) is 0 Å². The van der Waals surface area contributed by atoms with Crippen molar-refractivity contribution >= 4 is 93.4 Å². The summed E-state index contributed by atoms with van der Waals surface area (Å²) in [5.74, 6) is 0. The second-order valence-electron chi connectivity index (χ2n) is 15.5. The van der Waals surface area contributed by atoms with Gasteiger partial charge in [0.2, 0.25) is 0 Å². The van der Waals surface area contributed by atoms with Crippen molar-refractivity contribution in [2.24, 2.45) is 0 Å². The third-order valence-corrected chi connectivity index (χ3v) is 21.9. The quantitative estimate of drug-likeness (QED) is 0.129. The van der Waals surface area contributed by atoms with Crippen LogP contribution in [-0.2, 0) is 0 Å². The van der Waals surface area contributed by atoms with Gasteiger partial charge in [0.15, 0.2) is 0 Å². The van der Waals surface area contributed by atoms with Crippen molar-refractivity contribution in [2.45, 2.75) is 0 Å². The predicted molar refractivity (Wildman–Crippen MR) is 256 cm³/mol. The van der Waals surface area contributed by atoms with Gasteiger partial charge in [0.25, 0.3) is 23.2 Å². The molecule has 0 spiro atoms. The molecule has 0 aromatic heterocycles. The summed E-state index contributed by atoms with van der Waals surface area (Å²) in [5, 5.41) is 8.07. The van der Waals surface area contributed by atoms with E-state index < -0.39 is 16.5 Å². The lowest BCUT2D eigenvalue weighted by Gasteiger charge is -2.54. The Morgan fingerprint density at radius 2 is 0.475 bits per heavy atom. The minimum absolute atomic E-state index is 0.0316. The van der Waals surface area contributed by atoms with Gasteiger partial charge in [0.1, 0.15) is 0 Å². The highest BCUT2D eigenvalue weighted by Crippen LogP contribution is 2.41. The van der Waals surface area contributed by atoms with Crippen molar-refractivity contribution in [3.63, 3.8) is 0 Å². The molecule has 5 heteroatoms. The molecule has 0 N–H and O–H groups in total. The van der Waals surface area contributed by atoms with E-state index in [2.05, 4.69) is 258 Å². The Labute approximate surface area is 349 Å². The monoisotopic (exact) mass is 784 g/mol. The molecule has 11 rings (SSSR count). The third-order valence-electron chi connectivity index (χ3n) is 12.6. The minimum atomic E-state index is -3.09. The van der Waals surface area contributed by atoms with Crippen LogP contribution in [0, 0.1) is 0 Å². The van der Waals surface area contributed by atoms with Gasteiger partial charge in [-0.2, -0.15) is 0 Å². The summed E-state index contributed by atoms with van der Waals surface area (Å²) in [5.41, 5.74) is 9.12. The summed E-state index contributed by atoms with van der Waals surface area (Å²) < 4.78 is 5.64. The Balaban J connectivity index is 1.31. The smallest absolute Gasteiger partial charge is 0.257 e. The van der Waals surface area contributed by atoms with Gasteiger partial charge in [-0.3, -0.25) is 0 Å². The van der Waals surface area contributed by atoms with E-state index in [4.69, 9.17) is 0 Å². The van der Waals surface area contributed by atoms with Crippen LogP contribution in [0.2, 0.25) is 0 Å². The van der Waals surface area contributed by atoms with E-state index in [1.807, 2.05) is 0 Å². The van der Waals surface area contributed by atoms with E-state index in [-0.39, 0.29) is 6.71 Å². The Bertz CT molecular complexity index is 2510. The Morgan fingerprint density at radius 1 is 0.237 bits per heavy atom. The summed E-state index contributed by atoms with van der Waals surface area (Å²) >= 11 is 0. The molecule has 0 bridgehead atoms. The van der Waals surface area contributed by atoms with Crippen molar-refractivity contribution < 1.29 is 0 Å². The molecule has 0 radical (unpaired) electrons. The molecule has 59 heavy (non-hydrogen) atoms. The average Bonchev–Trinajstić information content (AvgIpc) is 3.33. The zero-order valence-electron chi connectivity index (χ0n) is 32.6. The van der Waals surface area contributed by atoms with Gasteiger partial charge < -0.3 is 9.13 Å². The molecule has 0 fully saturated rings. The molecule has 0 saturated carbocycles. The van der Waals surface area contributed by atoms with Gasteiger partial charge in [0.05, 0.1) is 0 Å². The molecule has 0 unspecified atom stereocenters. The number of para-hydroxylation sites is 2. The molecule has 2 aliphatic heterocycles. The molecule has 0 aliphatic carbocycles. The zero-order valence-corrected chi connectivity index (χ0v) is 34.6. The van der Waals surface area contributed by atoms with Crippen LogP contribution in [-0.4, -0.2) is 23.2 Å². The summed E-state index contributed by atoms with van der Waals surface area (Å²) in [6.45, 7) is 0.0316. The lowest BCUT2D eigenvalue weighted by atomic mass is 9.34. The van der Waals surface area contributed by atoms with Crippen molar-refractivity contribution in [3.05, 3.63) is 249 Å². The van der Waals surface area contributed by atoms with Crippen LogP contribution in [0.5, 0.6) is 0 Å². The van der Waals surface area contributed by atoms with E-state index in [0.717, 1.165) is 0 Å². The van der Waals surface area contributed by atoms with Crippen LogP contribution >= 0.6 is 0 Å². The maximum atomic E-state index is 2.82. The number of hydrogen-bond donors (Lipinski definition) is 0. The fourth-order valence-corrected chi connectivity index (χ4v) is 20.2.